The number of nitrogens with one attached hydrogen (secondary N) is 1. The molecule has 18 heavy (non-hydrogen) atoms. The fourth-order valence-corrected chi connectivity index (χ4v) is 2.77. The van der Waals surface area contributed by atoms with Gasteiger partial charge in [-0.05, 0) is 51.9 Å². The Balaban J connectivity index is 1.66. The van der Waals surface area contributed by atoms with Crippen molar-refractivity contribution >= 4 is 15.9 Å². The zero-order valence-corrected chi connectivity index (χ0v) is 12.2. The molecule has 0 amide bonds. The van der Waals surface area contributed by atoms with Gasteiger partial charge in [-0.3, -0.25) is 0 Å². The van der Waals surface area contributed by atoms with Crippen molar-refractivity contribution in [2.75, 3.05) is 19.8 Å². The van der Waals surface area contributed by atoms with Crippen molar-refractivity contribution in [1.29, 1.82) is 0 Å². The summed E-state index contributed by atoms with van der Waals surface area (Å²) in [7, 11) is 0. The lowest BCUT2D eigenvalue weighted by Crippen LogP contribution is -2.22. The molecule has 1 fully saturated rings. The second-order valence-corrected chi connectivity index (χ2v) is 6.37. The molecule has 0 bridgehead atoms. The van der Waals surface area contributed by atoms with Gasteiger partial charge in [0.1, 0.15) is 13.2 Å². The van der Waals surface area contributed by atoms with Crippen LogP contribution in [0.2, 0.25) is 0 Å². The standard InChI is InChI=1S/C14H18BrNO2/c1-14(2-3-14)9-16-8-10-6-11(15)13-12(7-10)17-4-5-18-13/h6-7,16H,2-5,8-9H2,1H3. The molecule has 1 saturated carbocycles. The highest BCUT2D eigenvalue weighted by Crippen LogP contribution is 2.44. The number of hydrogen-bond acceptors (Lipinski definition) is 3. The fourth-order valence-electron chi connectivity index (χ4n) is 2.17. The molecule has 1 N–H and O–H groups in total. The third-order valence-corrected chi connectivity index (χ3v) is 4.23. The van der Waals surface area contributed by atoms with Crippen LogP contribution < -0.4 is 14.8 Å². The van der Waals surface area contributed by atoms with Crippen LogP contribution in [0.15, 0.2) is 16.6 Å². The maximum atomic E-state index is 5.62. The lowest BCUT2D eigenvalue weighted by molar-refractivity contribution is 0.170. The molecule has 3 rings (SSSR count). The van der Waals surface area contributed by atoms with E-state index in [-0.39, 0.29) is 0 Å². The largest absolute Gasteiger partial charge is 0.486 e. The van der Waals surface area contributed by atoms with Crippen molar-refractivity contribution < 1.29 is 9.47 Å². The predicted molar refractivity (Wildman–Crippen MR) is 74.2 cm³/mol. The summed E-state index contributed by atoms with van der Waals surface area (Å²) in [5, 5.41) is 3.52. The Morgan fingerprint density at radius 2 is 2.06 bits per heavy atom. The second kappa shape index (κ2) is 4.74. The van der Waals surface area contributed by atoms with Crippen LogP contribution in [-0.4, -0.2) is 19.8 Å². The second-order valence-electron chi connectivity index (χ2n) is 5.52. The molecule has 1 heterocycles. The molecular weight excluding hydrogens is 294 g/mol. The molecule has 98 valence electrons. The molecule has 0 saturated heterocycles. The zero-order valence-electron chi connectivity index (χ0n) is 10.6. The molecule has 0 spiro atoms. The average molecular weight is 312 g/mol. The SMILES string of the molecule is CC1(CNCc2cc(Br)c3c(c2)OCCO3)CC1. The van der Waals surface area contributed by atoms with Crippen LogP contribution in [0, 0.1) is 5.41 Å². The molecule has 0 atom stereocenters. The number of hydrogen-bond donors (Lipinski definition) is 1. The maximum Gasteiger partial charge on any atom is 0.175 e. The molecule has 1 aliphatic heterocycles. The van der Waals surface area contributed by atoms with E-state index in [4.69, 9.17) is 9.47 Å². The third kappa shape index (κ3) is 2.64. The van der Waals surface area contributed by atoms with Crippen LogP contribution in [0.5, 0.6) is 11.5 Å². The molecular formula is C14H18BrNO2. The van der Waals surface area contributed by atoms with Gasteiger partial charge in [0.25, 0.3) is 0 Å². The summed E-state index contributed by atoms with van der Waals surface area (Å²) in [4.78, 5) is 0. The van der Waals surface area contributed by atoms with Crippen molar-refractivity contribution in [1.82, 2.24) is 5.32 Å². The molecule has 0 aromatic heterocycles. The fraction of sp³-hybridized carbons (Fsp3) is 0.571. The number of fused-ring (bicyclic) bond motifs is 1. The topological polar surface area (TPSA) is 30.5 Å². The van der Waals surface area contributed by atoms with Crippen molar-refractivity contribution in [2.45, 2.75) is 26.3 Å². The van der Waals surface area contributed by atoms with Gasteiger partial charge in [-0.25, -0.2) is 0 Å². The quantitative estimate of drug-likeness (QED) is 0.927. The first-order valence-corrected chi connectivity index (χ1v) is 7.24. The van der Waals surface area contributed by atoms with E-state index >= 15 is 0 Å². The van der Waals surface area contributed by atoms with Crippen molar-refractivity contribution in [3.8, 4) is 11.5 Å². The summed E-state index contributed by atoms with van der Waals surface area (Å²) in [5.41, 5.74) is 1.78. The summed E-state index contributed by atoms with van der Waals surface area (Å²) >= 11 is 3.54. The molecule has 0 unspecified atom stereocenters. The van der Waals surface area contributed by atoms with Crippen LogP contribution >= 0.6 is 15.9 Å². The van der Waals surface area contributed by atoms with Gasteiger partial charge in [-0.2, -0.15) is 0 Å². The van der Waals surface area contributed by atoms with E-state index in [0.717, 1.165) is 29.1 Å². The molecule has 1 aromatic carbocycles. The summed E-state index contributed by atoms with van der Waals surface area (Å²) in [5.74, 6) is 1.68. The molecule has 4 heteroatoms. The normalized spacial score (nSPS) is 19.7. The summed E-state index contributed by atoms with van der Waals surface area (Å²) in [6.07, 6.45) is 2.70. The summed E-state index contributed by atoms with van der Waals surface area (Å²) < 4.78 is 12.2. The van der Waals surface area contributed by atoms with Crippen LogP contribution in [0.3, 0.4) is 0 Å². The van der Waals surface area contributed by atoms with Gasteiger partial charge < -0.3 is 14.8 Å². The van der Waals surface area contributed by atoms with E-state index in [2.05, 4.69) is 40.3 Å². The highest BCUT2D eigenvalue weighted by Gasteiger charge is 2.36. The summed E-state index contributed by atoms with van der Waals surface area (Å²) in [6.45, 7) is 5.57. The first-order valence-electron chi connectivity index (χ1n) is 6.45. The van der Waals surface area contributed by atoms with Crippen LogP contribution in [0.4, 0.5) is 0 Å². The van der Waals surface area contributed by atoms with E-state index in [1.165, 1.54) is 18.4 Å². The zero-order chi connectivity index (χ0) is 12.6. The van der Waals surface area contributed by atoms with E-state index in [1.54, 1.807) is 0 Å². The lowest BCUT2D eigenvalue weighted by atomic mass is 10.1. The van der Waals surface area contributed by atoms with Gasteiger partial charge in [-0.15, -0.1) is 0 Å². The molecule has 1 aromatic rings. The lowest BCUT2D eigenvalue weighted by Gasteiger charge is -2.20. The smallest absolute Gasteiger partial charge is 0.175 e. The first kappa shape index (κ1) is 12.3. The highest BCUT2D eigenvalue weighted by atomic mass is 79.9. The van der Waals surface area contributed by atoms with Crippen molar-refractivity contribution in [3.63, 3.8) is 0 Å². The van der Waals surface area contributed by atoms with Gasteiger partial charge in [-0.1, -0.05) is 6.92 Å². The minimum absolute atomic E-state index is 0.547. The average Bonchev–Trinajstić information content (AvgIpc) is 3.07. The number of rotatable bonds is 4. The molecule has 2 aliphatic rings. The predicted octanol–water partition coefficient (Wildman–Crippen LogP) is 3.11. The molecule has 3 nitrogen and oxygen atoms in total. The summed E-state index contributed by atoms with van der Waals surface area (Å²) in [6, 6.07) is 4.18. The Morgan fingerprint density at radius 3 is 2.83 bits per heavy atom. The van der Waals surface area contributed by atoms with E-state index in [1.807, 2.05) is 0 Å². The monoisotopic (exact) mass is 311 g/mol. The van der Waals surface area contributed by atoms with Gasteiger partial charge in [0.2, 0.25) is 0 Å². The van der Waals surface area contributed by atoms with Crippen molar-refractivity contribution in [2.24, 2.45) is 5.41 Å². The van der Waals surface area contributed by atoms with Crippen LogP contribution in [0.25, 0.3) is 0 Å². The number of ether oxygens (including phenoxy) is 2. The first-order chi connectivity index (χ1) is 8.66. The van der Waals surface area contributed by atoms with Gasteiger partial charge in [0.05, 0.1) is 4.47 Å². The highest BCUT2D eigenvalue weighted by molar-refractivity contribution is 9.10. The van der Waals surface area contributed by atoms with Crippen molar-refractivity contribution in [3.05, 3.63) is 22.2 Å². The Morgan fingerprint density at radius 1 is 1.28 bits per heavy atom. The third-order valence-electron chi connectivity index (χ3n) is 3.64. The molecule has 0 radical (unpaired) electrons. The van der Waals surface area contributed by atoms with E-state index in [0.29, 0.717) is 18.6 Å². The maximum absolute atomic E-state index is 5.62. The number of halogens is 1. The van der Waals surface area contributed by atoms with Gasteiger partial charge >= 0.3 is 0 Å². The van der Waals surface area contributed by atoms with E-state index in [9.17, 15) is 0 Å². The number of benzene rings is 1. The van der Waals surface area contributed by atoms with Crippen LogP contribution in [-0.2, 0) is 6.54 Å². The Bertz CT molecular complexity index is 457. The Labute approximate surface area is 116 Å². The molecule has 1 aliphatic carbocycles. The minimum atomic E-state index is 0.547. The Hall–Kier alpha value is -0.740. The van der Waals surface area contributed by atoms with Crippen LogP contribution in [0.1, 0.15) is 25.3 Å². The van der Waals surface area contributed by atoms with Gasteiger partial charge in [0.15, 0.2) is 11.5 Å². The Kier molecular flexibility index (Phi) is 3.24. The van der Waals surface area contributed by atoms with Gasteiger partial charge in [0, 0.05) is 13.1 Å². The van der Waals surface area contributed by atoms with E-state index < -0.39 is 0 Å². The minimum Gasteiger partial charge on any atom is -0.486 e.